The lowest BCUT2D eigenvalue weighted by atomic mass is 10.0. The normalized spacial score (nSPS) is 19.1. The highest BCUT2D eigenvalue weighted by molar-refractivity contribution is 7.09. The van der Waals surface area contributed by atoms with Crippen LogP contribution in [0.5, 0.6) is 0 Å². The van der Waals surface area contributed by atoms with E-state index in [0.717, 1.165) is 43.0 Å². The lowest BCUT2D eigenvalue weighted by Gasteiger charge is -2.36. The molecule has 3 rings (SSSR count). The van der Waals surface area contributed by atoms with Crippen molar-refractivity contribution in [1.82, 2.24) is 19.7 Å². The monoisotopic (exact) mass is 319 g/mol. The number of rotatable bonds is 5. The number of amides is 1. The number of thiazole rings is 1. The first-order valence-electron chi connectivity index (χ1n) is 7.54. The summed E-state index contributed by atoms with van der Waals surface area (Å²) >= 11 is 1.67. The molecule has 0 aromatic carbocycles. The first kappa shape index (κ1) is 15.2. The van der Waals surface area contributed by atoms with Gasteiger partial charge in [-0.3, -0.25) is 14.4 Å². The van der Waals surface area contributed by atoms with Crippen LogP contribution in [0.4, 0.5) is 5.69 Å². The van der Waals surface area contributed by atoms with Gasteiger partial charge in [0.05, 0.1) is 22.9 Å². The Hall–Kier alpha value is -1.73. The van der Waals surface area contributed by atoms with E-state index in [1.165, 1.54) is 0 Å². The Kier molecular flexibility index (Phi) is 4.54. The highest BCUT2D eigenvalue weighted by atomic mass is 32.1. The molecule has 1 amide bonds. The van der Waals surface area contributed by atoms with Gasteiger partial charge >= 0.3 is 0 Å². The standard InChI is InChI=1S/C15H21N5OS/c1-18(8-5-14-16-6-9-22-14)13-4-3-7-20(15(13)21)12-10-17-19(2)11-12/h6,9-11,13H,3-5,7-8H2,1-2H3/t13-/m0/s1. The summed E-state index contributed by atoms with van der Waals surface area (Å²) in [5, 5.41) is 7.28. The summed E-state index contributed by atoms with van der Waals surface area (Å²) in [5.41, 5.74) is 0.894. The topological polar surface area (TPSA) is 54.3 Å². The third kappa shape index (κ3) is 3.20. The van der Waals surface area contributed by atoms with E-state index < -0.39 is 0 Å². The van der Waals surface area contributed by atoms with Crippen molar-refractivity contribution >= 4 is 22.9 Å². The van der Waals surface area contributed by atoms with Gasteiger partial charge < -0.3 is 4.90 Å². The Morgan fingerprint density at radius 2 is 2.36 bits per heavy atom. The van der Waals surface area contributed by atoms with Gasteiger partial charge in [-0.25, -0.2) is 4.98 Å². The molecule has 1 saturated heterocycles. The smallest absolute Gasteiger partial charge is 0.244 e. The third-order valence-electron chi connectivity index (χ3n) is 4.11. The van der Waals surface area contributed by atoms with Crippen molar-refractivity contribution in [1.29, 1.82) is 0 Å². The van der Waals surface area contributed by atoms with Gasteiger partial charge in [0, 0.05) is 44.3 Å². The Morgan fingerprint density at radius 3 is 3.05 bits per heavy atom. The van der Waals surface area contributed by atoms with Crippen molar-refractivity contribution < 1.29 is 4.79 Å². The van der Waals surface area contributed by atoms with Crippen LogP contribution in [-0.2, 0) is 18.3 Å². The predicted molar refractivity (Wildman–Crippen MR) is 87.0 cm³/mol. The van der Waals surface area contributed by atoms with Gasteiger partial charge in [-0.15, -0.1) is 11.3 Å². The number of anilines is 1. The molecule has 6 nitrogen and oxygen atoms in total. The minimum Gasteiger partial charge on any atom is -0.308 e. The molecule has 1 aliphatic rings. The molecule has 1 atom stereocenters. The van der Waals surface area contributed by atoms with Gasteiger partial charge in [0.1, 0.15) is 0 Å². The average molecular weight is 319 g/mol. The van der Waals surface area contributed by atoms with E-state index in [4.69, 9.17) is 0 Å². The molecule has 2 aromatic heterocycles. The fourth-order valence-corrected chi connectivity index (χ4v) is 3.48. The summed E-state index contributed by atoms with van der Waals surface area (Å²) in [5.74, 6) is 0.181. The second kappa shape index (κ2) is 6.58. The molecule has 22 heavy (non-hydrogen) atoms. The molecule has 0 spiro atoms. The Balaban J connectivity index is 1.64. The van der Waals surface area contributed by atoms with E-state index in [-0.39, 0.29) is 11.9 Å². The van der Waals surface area contributed by atoms with Gasteiger partial charge in [0.25, 0.3) is 0 Å². The highest BCUT2D eigenvalue weighted by Gasteiger charge is 2.32. The van der Waals surface area contributed by atoms with Gasteiger partial charge in [-0.05, 0) is 19.9 Å². The first-order valence-corrected chi connectivity index (χ1v) is 8.42. The van der Waals surface area contributed by atoms with Crippen LogP contribution < -0.4 is 4.90 Å². The molecule has 0 aliphatic carbocycles. The number of likely N-dealkylation sites (N-methyl/N-ethyl adjacent to an activating group) is 1. The number of aryl methyl sites for hydroxylation is 1. The summed E-state index contributed by atoms with van der Waals surface area (Å²) in [6.45, 7) is 1.63. The van der Waals surface area contributed by atoms with Crippen molar-refractivity contribution in [2.45, 2.75) is 25.3 Å². The second-order valence-electron chi connectivity index (χ2n) is 5.68. The van der Waals surface area contributed by atoms with Gasteiger partial charge in [0.2, 0.25) is 5.91 Å². The van der Waals surface area contributed by atoms with E-state index in [9.17, 15) is 4.79 Å². The average Bonchev–Trinajstić information content (AvgIpc) is 3.16. The SMILES string of the molecule is CN(CCc1nccs1)[C@H]1CCCN(c2cnn(C)c2)C1=O. The van der Waals surface area contributed by atoms with Gasteiger partial charge in [0.15, 0.2) is 0 Å². The molecule has 1 aliphatic heterocycles. The number of aromatic nitrogens is 3. The van der Waals surface area contributed by atoms with E-state index in [0.29, 0.717) is 0 Å². The van der Waals surface area contributed by atoms with E-state index in [1.54, 1.807) is 22.2 Å². The minimum absolute atomic E-state index is 0.0473. The highest BCUT2D eigenvalue weighted by Crippen LogP contribution is 2.23. The molecule has 0 radical (unpaired) electrons. The van der Waals surface area contributed by atoms with Crippen molar-refractivity contribution in [3.05, 3.63) is 29.0 Å². The molecule has 0 bridgehead atoms. The molecule has 3 heterocycles. The van der Waals surface area contributed by atoms with Crippen LogP contribution in [-0.4, -0.2) is 51.8 Å². The molecule has 7 heteroatoms. The summed E-state index contributed by atoms with van der Waals surface area (Å²) < 4.78 is 1.73. The summed E-state index contributed by atoms with van der Waals surface area (Å²) in [6.07, 6.45) is 8.32. The molecule has 2 aromatic rings. The summed E-state index contributed by atoms with van der Waals surface area (Å²) in [7, 11) is 3.90. The lowest BCUT2D eigenvalue weighted by Crippen LogP contribution is -2.51. The lowest BCUT2D eigenvalue weighted by molar-refractivity contribution is -0.124. The van der Waals surface area contributed by atoms with Crippen molar-refractivity contribution in [3.63, 3.8) is 0 Å². The number of hydrogen-bond donors (Lipinski definition) is 0. The van der Waals surface area contributed by atoms with Crippen molar-refractivity contribution in [2.24, 2.45) is 7.05 Å². The maximum Gasteiger partial charge on any atom is 0.244 e. The number of hydrogen-bond acceptors (Lipinski definition) is 5. The maximum absolute atomic E-state index is 12.8. The Bertz CT molecular complexity index is 624. The minimum atomic E-state index is -0.0473. The van der Waals surface area contributed by atoms with E-state index in [2.05, 4.69) is 15.0 Å². The second-order valence-corrected chi connectivity index (χ2v) is 6.66. The molecule has 0 unspecified atom stereocenters. The molecule has 118 valence electrons. The van der Waals surface area contributed by atoms with Crippen LogP contribution in [0.15, 0.2) is 24.0 Å². The molecule has 1 fully saturated rings. The van der Waals surface area contributed by atoms with Gasteiger partial charge in [-0.2, -0.15) is 5.10 Å². The van der Waals surface area contributed by atoms with E-state index in [1.807, 2.05) is 36.8 Å². The van der Waals surface area contributed by atoms with Gasteiger partial charge in [-0.1, -0.05) is 0 Å². The fourth-order valence-electron chi connectivity index (χ4n) is 2.87. The van der Waals surface area contributed by atoms with Crippen LogP contribution in [0.1, 0.15) is 17.8 Å². The predicted octanol–water partition coefficient (Wildman–Crippen LogP) is 1.55. The summed E-state index contributed by atoms with van der Waals surface area (Å²) in [6, 6.07) is -0.0473. The zero-order valence-corrected chi connectivity index (χ0v) is 13.8. The Morgan fingerprint density at radius 1 is 1.50 bits per heavy atom. The number of carbonyl (C=O) groups excluding carboxylic acids is 1. The molecular formula is C15H21N5OS. The maximum atomic E-state index is 12.8. The largest absolute Gasteiger partial charge is 0.308 e. The van der Waals surface area contributed by atoms with Crippen LogP contribution in [0.2, 0.25) is 0 Å². The van der Waals surface area contributed by atoms with Crippen LogP contribution in [0.3, 0.4) is 0 Å². The fraction of sp³-hybridized carbons (Fsp3) is 0.533. The number of nitrogens with zero attached hydrogens (tertiary/aromatic N) is 5. The molecule has 0 saturated carbocycles. The number of carbonyl (C=O) groups is 1. The van der Waals surface area contributed by atoms with E-state index >= 15 is 0 Å². The van der Waals surface area contributed by atoms with Crippen molar-refractivity contribution in [3.8, 4) is 0 Å². The molecular weight excluding hydrogens is 298 g/mol. The first-order chi connectivity index (χ1) is 10.6. The third-order valence-corrected chi connectivity index (χ3v) is 4.95. The van der Waals surface area contributed by atoms with Crippen LogP contribution >= 0.6 is 11.3 Å². The quantitative estimate of drug-likeness (QED) is 0.839. The summed E-state index contributed by atoms with van der Waals surface area (Å²) in [4.78, 5) is 21.1. The number of piperidine rings is 1. The van der Waals surface area contributed by atoms with Crippen LogP contribution in [0.25, 0.3) is 0 Å². The molecule has 0 N–H and O–H groups in total. The van der Waals surface area contributed by atoms with Crippen LogP contribution in [0, 0.1) is 0 Å². The zero-order valence-electron chi connectivity index (χ0n) is 13.0. The van der Waals surface area contributed by atoms with Crippen molar-refractivity contribution in [2.75, 3.05) is 25.0 Å². The zero-order chi connectivity index (χ0) is 15.5. The Labute approximate surface area is 134 Å².